The van der Waals surface area contributed by atoms with Gasteiger partial charge in [0.05, 0.1) is 0 Å². The molecule has 21 heavy (non-hydrogen) atoms. The van der Waals surface area contributed by atoms with Crippen LogP contribution in [0.15, 0.2) is 35.9 Å². The van der Waals surface area contributed by atoms with Gasteiger partial charge in [-0.15, -0.1) is 0 Å². The van der Waals surface area contributed by atoms with Gasteiger partial charge >= 0.3 is 0 Å². The lowest BCUT2D eigenvalue weighted by atomic mass is 9.66. The van der Waals surface area contributed by atoms with Gasteiger partial charge in [-0.1, -0.05) is 56.5 Å². The Kier molecular flexibility index (Phi) is 4.57. The van der Waals surface area contributed by atoms with E-state index in [4.69, 9.17) is 0 Å². The van der Waals surface area contributed by atoms with Gasteiger partial charge in [0, 0.05) is 5.92 Å². The van der Waals surface area contributed by atoms with Crippen LogP contribution < -0.4 is 0 Å². The molecule has 2 atom stereocenters. The Labute approximate surface area is 128 Å². The Balaban J connectivity index is 1.81. The molecule has 0 aromatic heterocycles. The highest BCUT2D eigenvalue weighted by Gasteiger charge is 2.37. The molecule has 1 aromatic rings. The molecule has 3 rings (SSSR count). The van der Waals surface area contributed by atoms with E-state index in [9.17, 15) is 4.79 Å². The van der Waals surface area contributed by atoms with Gasteiger partial charge in [0.1, 0.15) is 0 Å². The van der Waals surface area contributed by atoms with Crippen LogP contribution in [-0.2, 0) is 4.79 Å². The molecule has 2 unspecified atom stereocenters. The topological polar surface area (TPSA) is 17.1 Å². The fraction of sp³-hybridized carbons (Fsp3) is 0.550. The average molecular weight is 282 g/mol. The van der Waals surface area contributed by atoms with E-state index in [0.29, 0.717) is 17.6 Å². The highest BCUT2D eigenvalue weighted by Crippen LogP contribution is 2.41. The van der Waals surface area contributed by atoms with Crippen LogP contribution in [-0.4, -0.2) is 5.78 Å². The summed E-state index contributed by atoms with van der Waals surface area (Å²) in [6.45, 7) is 2.29. The Hall–Kier alpha value is -1.37. The van der Waals surface area contributed by atoms with Crippen LogP contribution >= 0.6 is 0 Å². The van der Waals surface area contributed by atoms with Crippen LogP contribution in [0, 0.1) is 17.8 Å². The van der Waals surface area contributed by atoms with Crippen molar-refractivity contribution in [1.82, 2.24) is 0 Å². The van der Waals surface area contributed by atoms with Crippen LogP contribution in [0.1, 0.15) is 57.4 Å². The molecule has 0 saturated heterocycles. The first-order valence-electron chi connectivity index (χ1n) is 8.55. The Morgan fingerprint density at radius 1 is 1.00 bits per heavy atom. The minimum Gasteiger partial charge on any atom is -0.294 e. The lowest BCUT2D eigenvalue weighted by Crippen LogP contribution is -2.35. The van der Waals surface area contributed by atoms with Gasteiger partial charge in [-0.25, -0.2) is 0 Å². The van der Waals surface area contributed by atoms with Crippen molar-refractivity contribution in [2.75, 3.05) is 0 Å². The van der Waals surface area contributed by atoms with E-state index in [0.717, 1.165) is 17.6 Å². The van der Waals surface area contributed by atoms with Crippen LogP contribution in [0.4, 0.5) is 0 Å². The van der Waals surface area contributed by atoms with Gasteiger partial charge in [-0.05, 0) is 54.7 Å². The van der Waals surface area contributed by atoms with E-state index in [1.54, 1.807) is 0 Å². The largest absolute Gasteiger partial charge is 0.294 e. The zero-order valence-corrected chi connectivity index (χ0v) is 13.1. The molecule has 0 aliphatic heterocycles. The summed E-state index contributed by atoms with van der Waals surface area (Å²) in [4.78, 5) is 13.0. The summed E-state index contributed by atoms with van der Waals surface area (Å²) >= 11 is 0. The third kappa shape index (κ3) is 3.28. The number of benzene rings is 1. The molecule has 1 nitrogen and oxygen atoms in total. The summed E-state index contributed by atoms with van der Waals surface area (Å²) in [5.41, 5.74) is 2.23. The number of allylic oxidation sites excluding steroid dienone is 1. The molecule has 1 aromatic carbocycles. The summed E-state index contributed by atoms with van der Waals surface area (Å²) < 4.78 is 0. The second kappa shape index (κ2) is 6.60. The normalized spacial score (nSPS) is 29.8. The summed E-state index contributed by atoms with van der Waals surface area (Å²) in [6, 6.07) is 10.3. The van der Waals surface area contributed by atoms with E-state index in [1.165, 1.54) is 38.5 Å². The van der Waals surface area contributed by atoms with Crippen molar-refractivity contribution >= 4 is 11.9 Å². The monoisotopic (exact) mass is 282 g/mol. The van der Waals surface area contributed by atoms with Crippen molar-refractivity contribution in [1.29, 1.82) is 0 Å². The fourth-order valence-electron chi connectivity index (χ4n) is 4.22. The molecule has 2 aliphatic carbocycles. The molecule has 0 spiro atoms. The summed E-state index contributed by atoms with van der Waals surface area (Å²) in [5.74, 6) is 1.94. The third-order valence-corrected chi connectivity index (χ3v) is 5.40. The molecule has 0 heterocycles. The Morgan fingerprint density at radius 3 is 2.43 bits per heavy atom. The number of carbonyl (C=O) groups is 1. The minimum absolute atomic E-state index is 0.286. The zero-order chi connectivity index (χ0) is 14.7. The molecule has 0 amide bonds. The number of rotatable bonds is 2. The lowest BCUT2D eigenvalue weighted by molar-refractivity contribution is -0.124. The van der Waals surface area contributed by atoms with Gasteiger partial charge in [0.2, 0.25) is 0 Å². The SMILES string of the molecule is CC1CCC(=Cc2ccccc2)C(=O)C1C1CCCCC1. The first-order chi connectivity index (χ1) is 10.3. The molecule has 1 heteroatoms. The Morgan fingerprint density at radius 2 is 1.71 bits per heavy atom. The van der Waals surface area contributed by atoms with Crippen molar-refractivity contribution in [2.24, 2.45) is 17.8 Å². The van der Waals surface area contributed by atoms with Crippen LogP contribution in [0.5, 0.6) is 0 Å². The maximum absolute atomic E-state index is 13.0. The summed E-state index contributed by atoms with van der Waals surface area (Å²) in [5, 5.41) is 0. The van der Waals surface area contributed by atoms with Gasteiger partial charge in [-0.2, -0.15) is 0 Å². The van der Waals surface area contributed by atoms with Crippen molar-refractivity contribution in [3.63, 3.8) is 0 Å². The predicted molar refractivity (Wildman–Crippen MR) is 87.9 cm³/mol. The number of Topliss-reactive ketones (excluding diaryl/α,β-unsaturated/α-hetero) is 1. The van der Waals surface area contributed by atoms with E-state index in [2.05, 4.69) is 25.1 Å². The third-order valence-electron chi connectivity index (χ3n) is 5.40. The zero-order valence-electron chi connectivity index (χ0n) is 13.1. The molecule has 2 aliphatic rings. The average Bonchev–Trinajstić information content (AvgIpc) is 2.52. The van der Waals surface area contributed by atoms with Gasteiger partial charge in [-0.3, -0.25) is 4.79 Å². The van der Waals surface area contributed by atoms with Crippen LogP contribution in [0.3, 0.4) is 0 Å². The standard InChI is InChI=1S/C20H26O/c1-15-12-13-18(14-16-8-4-2-5-9-16)20(21)19(15)17-10-6-3-7-11-17/h2,4-5,8-9,14-15,17,19H,3,6-7,10-13H2,1H3. The van der Waals surface area contributed by atoms with Crippen LogP contribution in [0.2, 0.25) is 0 Å². The minimum atomic E-state index is 0.286. The number of ketones is 1. The van der Waals surface area contributed by atoms with E-state index in [-0.39, 0.29) is 5.92 Å². The molecule has 0 N–H and O–H groups in total. The van der Waals surface area contributed by atoms with E-state index < -0.39 is 0 Å². The smallest absolute Gasteiger partial charge is 0.162 e. The number of hydrogen-bond acceptors (Lipinski definition) is 1. The second-order valence-corrected chi connectivity index (χ2v) is 6.88. The molecule has 112 valence electrons. The predicted octanol–water partition coefficient (Wildman–Crippen LogP) is 5.27. The van der Waals surface area contributed by atoms with Crippen molar-refractivity contribution in [3.05, 3.63) is 41.5 Å². The quantitative estimate of drug-likeness (QED) is 0.676. The molecular weight excluding hydrogens is 256 g/mol. The van der Waals surface area contributed by atoms with Gasteiger partial charge in [0.15, 0.2) is 5.78 Å². The fourth-order valence-corrected chi connectivity index (χ4v) is 4.22. The number of hydrogen-bond donors (Lipinski definition) is 0. The van der Waals surface area contributed by atoms with Gasteiger partial charge < -0.3 is 0 Å². The molecule has 2 fully saturated rings. The van der Waals surface area contributed by atoms with Crippen molar-refractivity contribution in [3.8, 4) is 0 Å². The molecular formula is C20H26O. The van der Waals surface area contributed by atoms with E-state index in [1.807, 2.05) is 18.2 Å². The second-order valence-electron chi connectivity index (χ2n) is 6.88. The van der Waals surface area contributed by atoms with Crippen molar-refractivity contribution < 1.29 is 4.79 Å². The maximum atomic E-state index is 13.0. The summed E-state index contributed by atoms with van der Waals surface area (Å²) in [7, 11) is 0. The highest BCUT2D eigenvalue weighted by molar-refractivity contribution is 6.02. The molecule has 0 bridgehead atoms. The van der Waals surface area contributed by atoms with Gasteiger partial charge in [0.25, 0.3) is 0 Å². The maximum Gasteiger partial charge on any atom is 0.162 e. The number of carbonyl (C=O) groups excluding carboxylic acids is 1. The summed E-state index contributed by atoms with van der Waals surface area (Å²) in [6.07, 6.45) is 10.8. The Bertz CT molecular complexity index is 508. The highest BCUT2D eigenvalue weighted by atomic mass is 16.1. The first kappa shape index (κ1) is 14.6. The first-order valence-corrected chi connectivity index (χ1v) is 8.55. The molecule has 0 radical (unpaired) electrons. The van der Waals surface area contributed by atoms with Crippen LogP contribution in [0.25, 0.3) is 6.08 Å². The lowest BCUT2D eigenvalue weighted by Gasteiger charge is -2.37. The van der Waals surface area contributed by atoms with Crippen molar-refractivity contribution in [2.45, 2.75) is 51.9 Å². The molecule has 2 saturated carbocycles. The van der Waals surface area contributed by atoms with E-state index >= 15 is 0 Å².